The van der Waals surface area contributed by atoms with Crippen molar-refractivity contribution in [3.05, 3.63) is 63.1 Å². The summed E-state index contributed by atoms with van der Waals surface area (Å²) >= 11 is 12.5. The highest BCUT2D eigenvalue weighted by molar-refractivity contribution is 6.36. The molecule has 0 radical (unpaired) electrons. The number of nitrogens with zero attached hydrogens (tertiary/aromatic N) is 2. The lowest BCUT2D eigenvalue weighted by Crippen LogP contribution is -2.34. The van der Waals surface area contributed by atoms with Gasteiger partial charge in [-0.3, -0.25) is 14.4 Å². The van der Waals surface area contributed by atoms with Crippen LogP contribution in [0.5, 0.6) is 0 Å². The number of halogens is 2. The zero-order chi connectivity index (χ0) is 22.7. The van der Waals surface area contributed by atoms with Gasteiger partial charge in [0.15, 0.2) is 13.0 Å². The van der Waals surface area contributed by atoms with Crippen LogP contribution < -0.4 is 10.6 Å². The Morgan fingerprint density at radius 1 is 1.16 bits per heavy atom. The highest BCUT2D eigenvalue weighted by Gasteiger charge is 2.37. The average Bonchev–Trinajstić information content (AvgIpc) is 3.09. The zero-order valence-corrected chi connectivity index (χ0v) is 18.7. The Hall–Kier alpha value is -3.03. The van der Waals surface area contributed by atoms with Gasteiger partial charge in [-0.05, 0) is 48.8 Å². The molecule has 160 valence electrons. The number of hydrogen-bond acceptors (Lipinski definition) is 4. The summed E-state index contributed by atoms with van der Waals surface area (Å²) in [7, 11) is 1.73. The molecule has 1 aliphatic heterocycles. The van der Waals surface area contributed by atoms with E-state index in [-0.39, 0.29) is 23.8 Å². The highest BCUT2D eigenvalue weighted by Crippen LogP contribution is 2.28. The molecule has 2 aromatic carbocycles. The van der Waals surface area contributed by atoms with Crippen molar-refractivity contribution < 1.29 is 19.1 Å². The molecule has 0 spiro atoms. The summed E-state index contributed by atoms with van der Waals surface area (Å²) in [6.07, 6.45) is 1.52. The second kappa shape index (κ2) is 9.41. The van der Waals surface area contributed by atoms with Gasteiger partial charge in [0.25, 0.3) is 5.91 Å². The number of carbonyl (C=O) groups excluding carboxylic acids is 3. The first kappa shape index (κ1) is 22.7. The van der Waals surface area contributed by atoms with Crippen LogP contribution in [-0.2, 0) is 9.59 Å². The molecule has 2 N–H and O–H groups in total. The lowest BCUT2D eigenvalue weighted by atomic mass is 9.96. The molecule has 1 heterocycles. The van der Waals surface area contributed by atoms with Crippen molar-refractivity contribution >= 4 is 58.4 Å². The van der Waals surface area contributed by atoms with Crippen LogP contribution in [0, 0.1) is 12.8 Å². The van der Waals surface area contributed by atoms with Crippen LogP contribution in [0.2, 0.25) is 10.0 Å². The maximum Gasteiger partial charge on any atom is 0.253 e. The molecule has 0 saturated heterocycles. The third-order valence-corrected chi connectivity index (χ3v) is 5.30. The summed E-state index contributed by atoms with van der Waals surface area (Å²) in [5.41, 5.74) is 2.41. The van der Waals surface area contributed by atoms with Gasteiger partial charge in [0.05, 0.1) is 34.6 Å². The predicted molar refractivity (Wildman–Crippen MR) is 122 cm³/mol. The number of ketones is 1. The highest BCUT2D eigenvalue weighted by atomic mass is 35.5. The van der Waals surface area contributed by atoms with E-state index in [1.165, 1.54) is 19.2 Å². The Balaban J connectivity index is 1.93. The number of aryl methyl sites for hydroxylation is 1. The molecule has 7 nitrogen and oxygen atoms in total. The van der Waals surface area contributed by atoms with Crippen molar-refractivity contribution in [2.75, 3.05) is 18.9 Å². The van der Waals surface area contributed by atoms with Crippen molar-refractivity contribution in [2.45, 2.75) is 13.8 Å². The lowest BCUT2D eigenvalue weighted by Gasteiger charge is -2.16. The van der Waals surface area contributed by atoms with Gasteiger partial charge in [-0.2, -0.15) is 0 Å². The first-order valence-electron chi connectivity index (χ1n) is 9.47. The summed E-state index contributed by atoms with van der Waals surface area (Å²) < 4.78 is 1.60. The molecule has 0 saturated carbocycles. The van der Waals surface area contributed by atoms with Crippen LogP contribution in [0.25, 0.3) is 0 Å². The standard InChI is InChI=1S/C22H20Cl2N4O3/c1-12-8-14(23)9-16(21(30)25-10-13(2)29)19(12)27-22(31)17-11-26-28(3)20(17)15-6-4-5-7-18(15)24/h4-9,11,17H,10H2,1-3H3,(H-,25,27,30,31)/p+1. The normalized spacial score (nSPS) is 15.2. The Bertz CT molecular complexity index is 1140. The van der Waals surface area contributed by atoms with E-state index < -0.39 is 11.8 Å². The van der Waals surface area contributed by atoms with Crippen molar-refractivity contribution in [1.82, 2.24) is 5.32 Å². The average molecular weight is 460 g/mol. The smallest absolute Gasteiger partial charge is 0.253 e. The molecular weight excluding hydrogens is 439 g/mol. The molecule has 2 aromatic rings. The van der Waals surface area contributed by atoms with Crippen LogP contribution >= 0.6 is 23.2 Å². The van der Waals surface area contributed by atoms with Gasteiger partial charge in [0.2, 0.25) is 11.6 Å². The predicted octanol–water partition coefficient (Wildman–Crippen LogP) is 3.31. The SMILES string of the molecule is CC(=O)CNC(=O)c1cc(Cl)cc(C)c1NC(=O)C1C=N[N+](C)=C1c1ccccc1Cl. The van der Waals surface area contributed by atoms with Crippen LogP contribution in [0.3, 0.4) is 0 Å². The fourth-order valence-electron chi connectivity index (χ4n) is 3.29. The minimum atomic E-state index is -0.715. The fraction of sp³-hybridized carbons (Fsp3) is 0.227. The number of anilines is 1. The van der Waals surface area contributed by atoms with Crippen LogP contribution in [-0.4, -0.2) is 47.8 Å². The lowest BCUT2D eigenvalue weighted by molar-refractivity contribution is -0.498. The minimum absolute atomic E-state index is 0.123. The van der Waals surface area contributed by atoms with Crippen LogP contribution in [0.1, 0.15) is 28.4 Å². The number of rotatable bonds is 6. The van der Waals surface area contributed by atoms with E-state index >= 15 is 0 Å². The van der Waals surface area contributed by atoms with Gasteiger partial charge >= 0.3 is 0 Å². The molecule has 0 aromatic heterocycles. The summed E-state index contributed by atoms with van der Waals surface area (Å²) in [5, 5.41) is 10.4. The molecule has 0 fully saturated rings. The second-order valence-corrected chi connectivity index (χ2v) is 7.99. The number of hydrazone groups is 1. The van der Waals surface area contributed by atoms with Crippen LogP contribution in [0.15, 0.2) is 41.5 Å². The topological polar surface area (TPSA) is 90.6 Å². The Morgan fingerprint density at radius 3 is 2.55 bits per heavy atom. The monoisotopic (exact) mass is 459 g/mol. The van der Waals surface area contributed by atoms with Gasteiger partial charge in [-0.15, -0.1) is 0 Å². The molecule has 3 rings (SSSR count). The summed E-state index contributed by atoms with van der Waals surface area (Å²) in [6, 6.07) is 10.3. The molecule has 0 aliphatic carbocycles. The van der Waals surface area contributed by atoms with Gasteiger partial charge < -0.3 is 10.6 Å². The fourth-order valence-corrected chi connectivity index (χ4v) is 3.80. The first-order valence-corrected chi connectivity index (χ1v) is 10.2. The summed E-state index contributed by atoms with van der Waals surface area (Å²) in [5.74, 6) is -1.80. The molecule has 31 heavy (non-hydrogen) atoms. The Labute approximate surface area is 189 Å². The Morgan fingerprint density at radius 2 is 1.87 bits per heavy atom. The van der Waals surface area contributed by atoms with E-state index in [0.29, 0.717) is 32.6 Å². The minimum Gasteiger partial charge on any atom is -0.345 e. The molecule has 0 bridgehead atoms. The third-order valence-electron chi connectivity index (χ3n) is 4.76. The number of amides is 2. The molecule has 1 aliphatic rings. The number of benzene rings is 2. The summed E-state index contributed by atoms with van der Waals surface area (Å²) in [6.45, 7) is 2.98. The number of hydrogen-bond donors (Lipinski definition) is 2. The Kier molecular flexibility index (Phi) is 6.87. The third kappa shape index (κ3) is 5.00. The van der Waals surface area contributed by atoms with Gasteiger partial charge in [0, 0.05) is 5.02 Å². The van der Waals surface area contributed by atoms with Crippen molar-refractivity contribution in [3.8, 4) is 0 Å². The van der Waals surface area contributed by atoms with E-state index in [2.05, 4.69) is 15.7 Å². The number of nitrogens with one attached hydrogen (secondary N) is 2. The summed E-state index contributed by atoms with van der Waals surface area (Å²) in [4.78, 5) is 37.1. The maximum atomic E-state index is 13.2. The van der Waals surface area contributed by atoms with Crippen molar-refractivity contribution in [3.63, 3.8) is 0 Å². The molecule has 9 heteroatoms. The largest absolute Gasteiger partial charge is 0.345 e. The molecule has 1 atom stereocenters. The van der Waals surface area contributed by atoms with E-state index in [9.17, 15) is 14.4 Å². The quantitative estimate of drug-likeness (QED) is 0.649. The number of carbonyl (C=O) groups is 3. The van der Waals surface area contributed by atoms with Gasteiger partial charge in [0.1, 0.15) is 5.78 Å². The van der Waals surface area contributed by atoms with Crippen molar-refractivity contribution in [2.24, 2.45) is 11.0 Å². The molecule has 2 amide bonds. The second-order valence-electron chi connectivity index (χ2n) is 7.15. The van der Waals surface area contributed by atoms with E-state index in [1.807, 2.05) is 12.1 Å². The van der Waals surface area contributed by atoms with Gasteiger partial charge in [-0.25, -0.2) is 0 Å². The first-order chi connectivity index (χ1) is 14.7. The van der Waals surface area contributed by atoms with E-state index in [0.717, 1.165) is 0 Å². The zero-order valence-electron chi connectivity index (χ0n) is 17.2. The van der Waals surface area contributed by atoms with E-state index in [1.54, 1.807) is 36.9 Å². The van der Waals surface area contributed by atoms with Crippen molar-refractivity contribution in [1.29, 1.82) is 0 Å². The van der Waals surface area contributed by atoms with Gasteiger partial charge in [-0.1, -0.05) is 40.0 Å². The number of Topliss-reactive ketones (excluding diaryl/α,β-unsaturated/α-hetero) is 1. The van der Waals surface area contributed by atoms with Crippen LogP contribution in [0.4, 0.5) is 5.69 Å². The van der Waals surface area contributed by atoms with E-state index in [4.69, 9.17) is 23.2 Å². The molecule has 1 unspecified atom stereocenters. The molecular formula is C22H21Cl2N4O3+. The maximum absolute atomic E-state index is 13.2.